The fourth-order valence-corrected chi connectivity index (χ4v) is 3.12. The maximum absolute atomic E-state index is 12.5. The first-order valence-electron chi connectivity index (χ1n) is 9.38. The van der Waals surface area contributed by atoms with Crippen molar-refractivity contribution in [3.05, 3.63) is 64.7 Å². The Labute approximate surface area is 160 Å². The van der Waals surface area contributed by atoms with Gasteiger partial charge in [-0.05, 0) is 67.6 Å². The molecule has 0 radical (unpaired) electrons. The largest absolute Gasteiger partial charge is 0.484 e. The van der Waals surface area contributed by atoms with Crippen molar-refractivity contribution in [3.8, 4) is 5.75 Å². The molecule has 3 rings (SSSR count). The predicted octanol–water partition coefficient (Wildman–Crippen LogP) is 3.23. The number of aryl methyl sites for hydroxylation is 2. The average molecular weight is 366 g/mol. The molecule has 5 heteroatoms. The first-order chi connectivity index (χ1) is 13.0. The molecule has 0 unspecified atom stereocenters. The lowest BCUT2D eigenvalue weighted by molar-refractivity contribution is -0.123. The molecule has 0 aliphatic carbocycles. The number of likely N-dealkylation sites (tertiary alicyclic amines) is 1. The molecule has 1 aliphatic rings. The van der Waals surface area contributed by atoms with Crippen molar-refractivity contribution >= 4 is 11.8 Å². The van der Waals surface area contributed by atoms with E-state index >= 15 is 0 Å². The summed E-state index contributed by atoms with van der Waals surface area (Å²) in [5, 5.41) is 2.84. The molecule has 1 heterocycles. The monoisotopic (exact) mass is 366 g/mol. The first kappa shape index (κ1) is 19.0. The van der Waals surface area contributed by atoms with Gasteiger partial charge in [-0.15, -0.1) is 0 Å². The minimum absolute atomic E-state index is 0.0328. The van der Waals surface area contributed by atoms with Crippen LogP contribution in [0, 0.1) is 13.8 Å². The van der Waals surface area contributed by atoms with Crippen LogP contribution in [0.15, 0.2) is 42.5 Å². The summed E-state index contributed by atoms with van der Waals surface area (Å²) in [5.41, 5.74) is 3.90. The number of benzene rings is 2. The Kier molecular flexibility index (Phi) is 6.12. The number of hydrogen-bond donors (Lipinski definition) is 1. The van der Waals surface area contributed by atoms with Gasteiger partial charge in [-0.1, -0.05) is 18.2 Å². The Hall–Kier alpha value is -2.82. The highest BCUT2D eigenvalue weighted by molar-refractivity contribution is 5.94. The fourth-order valence-electron chi connectivity index (χ4n) is 3.12. The lowest BCUT2D eigenvalue weighted by Gasteiger charge is -2.15. The Bertz CT molecular complexity index is 826. The van der Waals surface area contributed by atoms with E-state index in [0.717, 1.165) is 37.1 Å². The molecule has 0 aromatic heterocycles. The van der Waals surface area contributed by atoms with Gasteiger partial charge in [-0.3, -0.25) is 9.59 Å². The third kappa shape index (κ3) is 5.09. The molecule has 27 heavy (non-hydrogen) atoms. The highest BCUT2D eigenvalue weighted by Crippen LogP contribution is 2.16. The number of amides is 2. The SMILES string of the molecule is Cc1ccc(OCC(=O)NCc2cccc(C(=O)N3CCCC3)c2)cc1C. The second-order valence-electron chi connectivity index (χ2n) is 7.01. The summed E-state index contributed by atoms with van der Waals surface area (Å²) in [6.45, 7) is 6.05. The zero-order valence-corrected chi connectivity index (χ0v) is 16.0. The van der Waals surface area contributed by atoms with Gasteiger partial charge in [0.05, 0.1) is 0 Å². The molecule has 0 saturated carbocycles. The molecule has 2 aromatic rings. The standard InChI is InChI=1S/C22H26N2O3/c1-16-8-9-20(12-17(16)2)27-15-21(25)23-14-18-6-5-7-19(13-18)22(26)24-10-3-4-11-24/h5-9,12-13H,3-4,10-11,14-15H2,1-2H3,(H,23,25). The highest BCUT2D eigenvalue weighted by atomic mass is 16.5. The van der Waals surface area contributed by atoms with Gasteiger partial charge >= 0.3 is 0 Å². The molecule has 1 aliphatic heterocycles. The molecule has 0 bridgehead atoms. The molecular formula is C22H26N2O3. The van der Waals surface area contributed by atoms with Crippen LogP contribution < -0.4 is 10.1 Å². The fraction of sp³-hybridized carbons (Fsp3) is 0.364. The number of hydrogen-bond acceptors (Lipinski definition) is 3. The van der Waals surface area contributed by atoms with Crippen LogP contribution in [0.5, 0.6) is 5.75 Å². The van der Waals surface area contributed by atoms with Crippen molar-refractivity contribution in [2.24, 2.45) is 0 Å². The van der Waals surface area contributed by atoms with Crippen molar-refractivity contribution in [3.63, 3.8) is 0 Å². The lowest BCUT2D eigenvalue weighted by atomic mass is 10.1. The van der Waals surface area contributed by atoms with Crippen molar-refractivity contribution in [2.75, 3.05) is 19.7 Å². The van der Waals surface area contributed by atoms with Gasteiger partial charge in [0.2, 0.25) is 0 Å². The topological polar surface area (TPSA) is 58.6 Å². The van der Waals surface area contributed by atoms with Gasteiger partial charge < -0.3 is 15.0 Å². The zero-order chi connectivity index (χ0) is 19.2. The summed E-state index contributed by atoms with van der Waals surface area (Å²) in [4.78, 5) is 26.4. The summed E-state index contributed by atoms with van der Waals surface area (Å²) in [7, 11) is 0. The molecule has 0 spiro atoms. The van der Waals surface area contributed by atoms with Gasteiger partial charge in [0, 0.05) is 25.2 Å². The Morgan fingerprint density at radius 1 is 1.04 bits per heavy atom. The first-order valence-corrected chi connectivity index (χ1v) is 9.38. The van der Waals surface area contributed by atoms with Crippen molar-refractivity contribution < 1.29 is 14.3 Å². The van der Waals surface area contributed by atoms with E-state index < -0.39 is 0 Å². The number of ether oxygens (including phenoxy) is 1. The van der Waals surface area contributed by atoms with E-state index in [1.165, 1.54) is 5.56 Å². The number of nitrogens with zero attached hydrogens (tertiary/aromatic N) is 1. The normalized spacial score (nSPS) is 13.5. The lowest BCUT2D eigenvalue weighted by Crippen LogP contribution is -2.29. The van der Waals surface area contributed by atoms with Crippen LogP contribution in [0.1, 0.15) is 39.9 Å². The second kappa shape index (κ2) is 8.71. The van der Waals surface area contributed by atoms with Crippen LogP contribution >= 0.6 is 0 Å². The van der Waals surface area contributed by atoms with Crippen LogP contribution in [0.4, 0.5) is 0 Å². The zero-order valence-electron chi connectivity index (χ0n) is 16.0. The van der Waals surface area contributed by atoms with Gasteiger partial charge in [-0.25, -0.2) is 0 Å². The van der Waals surface area contributed by atoms with E-state index in [1.54, 1.807) is 0 Å². The second-order valence-corrected chi connectivity index (χ2v) is 7.01. The maximum Gasteiger partial charge on any atom is 0.258 e. The van der Waals surface area contributed by atoms with Crippen molar-refractivity contribution in [2.45, 2.75) is 33.2 Å². The molecule has 2 aromatic carbocycles. The highest BCUT2D eigenvalue weighted by Gasteiger charge is 2.19. The van der Waals surface area contributed by atoms with Crippen LogP contribution in [-0.2, 0) is 11.3 Å². The summed E-state index contributed by atoms with van der Waals surface area (Å²) in [5.74, 6) is 0.565. The van der Waals surface area contributed by atoms with Gasteiger partial charge in [0.1, 0.15) is 5.75 Å². The van der Waals surface area contributed by atoms with Crippen LogP contribution in [0.25, 0.3) is 0 Å². The number of rotatable bonds is 6. The van der Waals surface area contributed by atoms with E-state index in [9.17, 15) is 9.59 Å². The number of carbonyl (C=O) groups is 2. The number of nitrogens with one attached hydrogen (secondary N) is 1. The molecule has 1 N–H and O–H groups in total. The van der Waals surface area contributed by atoms with E-state index in [1.807, 2.05) is 61.2 Å². The molecule has 5 nitrogen and oxygen atoms in total. The van der Waals surface area contributed by atoms with Crippen molar-refractivity contribution in [1.29, 1.82) is 0 Å². The van der Waals surface area contributed by atoms with Gasteiger partial charge in [0.15, 0.2) is 6.61 Å². The summed E-state index contributed by atoms with van der Waals surface area (Å²) >= 11 is 0. The Morgan fingerprint density at radius 3 is 2.56 bits per heavy atom. The molecular weight excluding hydrogens is 340 g/mol. The summed E-state index contributed by atoms with van der Waals surface area (Å²) < 4.78 is 5.55. The Morgan fingerprint density at radius 2 is 1.81 bits per heavy atom. The number of carbonyl (C=O) groups excluding carboxylic acids is 2. The third-order valence-electron chi connectivity index (χ3n) is 4.91. The Balaban J connectivity index is 1.50. The minimum atomic E-state index is -0.190. The molecule has 142 valence electrons. The predicted molar refractivity (Wildman–Crippen MR) is 105 cm³/mol. The van der Waals surface area contributed by atoms with E-state index in [0.29, 0.717) is 17.9 Å². The molecule has 1 fully saturated rings. The maximum atomic E-state index is 12.5. The minimum Gasteiger partial charge on any atom is -0.484 e. The summed E-state index contributed by atoms with van der Waals surface area (Å²) in [6, 6.07) is 13.2. The van der Waals surface area contributed by atoms with E-state index in [-0.39, 0.29) is 18.4 Å². The van der Waals surface area contributed by atoms with Crippen LogP contribution in [0.2, 0.25) is 0 Å². The summed E-state index contributed by atoms with van der Waals surface area (Å²) in [6.07, 6.45) is 2.14. The van der Waals surface area contributed by atoms with Crippen LogP contribution in [0.3, 0.4) is 0 Å². The van der Waals surface area contributed by atoms with Crippen LogP contribution in [-0.4, -0.2) is 36.4 Å². The van der Waals surface area contributed by atoms with Gasteiger partial charge in [0.25, 0.3) is 11.8 Å². The smallest absolute Gasteiger partial charge is 0.258 e. The quantitative estimate of drug-likeness (QED) is 0.854. The molecule has 0 atom stereocenters. The van der Waals surface area contributed by atoms with E-state index in [4.69, 9.17) is 4.74 Å². The van der Waals surface area contributed by atoms with Gasteiger partial charge in [-0.2, -0.15) is 0 Å². The average Bonchev–Trinajstić information content (AvgIpc) is 3.21. The van der Waals surface area contributed by atoms with E-state index in [2.05, 4.69) is 5.32 Å². The molecule has 2 amide bonds. The van der Waals surface area contributed by atoms with Crippen molar-refractivity contribution in [1.82, 2.24) is 10.2 Å². The third-order valence-corrected chi connectivity index (χ3v) is 4.91. The molecule has 1 saturated heterocycles.